The van der Waals surface area contributed by atoms with Crippen molar-refractivity contribution in [2.24, 2.45) is 0 Å². The molecule has 1 saturated heterocycles. The second-order valence-corrected chi connectivity index (χ2v) is 5.01. The lowest BCUT2D eigenvalue weighted by Crippen LogP contribution is -2.16. The van der Waals surface area contributed by atoms with Gasteiger partial charge in [0.05, 0.1) is 12.2 Å². The fourth-order valence-electron chi connectivity index (χ4n) is 1.65. The van der Waals surface area contributed by atoms with Crippen LogP contribution in [0.5, 0.6) is 0 Å². The third kappa shape index (κ3) is 2.32. The third-order valence-corrected chi connectivity index (χ3v) is 3.57. The number of pyridine rings is 1. The smallest absolute Gasteiger partial charge is 0.259 e. The maximum Gasteiger partial charge on any atom is 0.259 e. The zero-order valence-electron chi connectivity index (χ0n) is 9.57. The van der Waals surface area contributed by atoms with Crippen molar-refractivity contribution in [3.63, 3.8) is 0 Å². The Morgan fingerprint density at radius 1 is 1.39 bits per heavy atom. The van der Waals surface area contributed by atoms with Gasteiger partial charge in [-0.15, -0.1) is 0 Å². The maximum absolute atomic E-state index is 5.59. The summed E-state index contributed by atoms with van der Waals surface area (Å²) in [7, 11) is 0. The average Bonchev–Trinajstić information content (AvgIpc) is 2.90. The van der Waals surface area contributed by atoms with Crippen molar-refractivity contribution in [3.8, 4) is 11.5 Å². The zero-order valence-corrected chi connectivity index (χ0v) is 10.4. The van der Waals surface area contributed by atoms with E-state index >= 15 is 0 Å². The van der Waals surface area contributed by atoms with Gasteiger partial charge in [-0.25, -0.2) is 4.98 Å². The molecule has 0 aromatic carbocycles. The van der Waals surface area contributed by atoms with Crippen LogP contribution in [0.25, 0.3) is 11.5 Å². The highest BCUT2D eigenvalue weighted by Crippen LogP contribution is 2.26. The van der Waals surface area contributed by atoms with Crippen LogP contribution >= 0.6 is 11.8 Å². The minimum atomic E-state index is -0.0806. The highest BCUT2D eigenvalue weighted by atomic mass is 32.2. The third-order valence-electron chi connectivity index (χ3n) is 2.58. The van der Waals surface area contributed by atoms with Gasteiger partial charge >= 0.3 is 0 Å². The molecule has 2 aromatic rings. The molecule has 0 aliphatic carbocycles. The minimum Gasteiger partial charge on any atom is -0.384 e. The summed E-state index contributed by atoms with van der Waals surface area (Å²) in [5, 5.41) is 3.96. The zero-order chi connectivity index (χ0) is 12.4. The maximum atomic E-state index is 5.59. The number of thioether (sulfide) groups is 1. The lowest BCUT2D eigenvalue weighted by Gasteiger charge is -2.18. The normalized spacial score (nSPS) is 19.9. The molecule has 6 nitrogen and oxygen atoms in total. The van der Waals surface area contributed by atoms with Gasteiger partial charge in [-0.05, 0) is 12.1 Å². The summed E-state index contributed by atoms with van der Waals surface area (Å²) in [5.41, 5.74) is 6.28. The Balaban J connectivity index is 1.82. The Bertz CT molecular complexity index is 522. The number of hydrogen-bond acceptors (Lipinski definition) is 7. The molecule has 7 heteroatoms. The second-order valence-electron chi connectivity index (χ2n) is 3.86. The SMILES string of the molecule is Nc1ccc(-c2nc(C3CSCCO3)no2)cn1. The Labute approximate surface area is 108 Å². The molecule has 94 valence electrons. The molecule has 0 radical (unpaired) electrons. The Kier molecular flexibility index (Phi) is 3.16. The predicted molar refractivity (Wildman–Crippen MR) is 68.0 cm³/mol. The van der Waals surface area contributed by atoms with E-state index in [2.05, 4.69) is 15.1 Å². The molecule has 2 aromatic heterocycles. The summed E-state index contributed by atoms with van der Waals surface area (Å²) in [6.07, 6.45) is 1.53. The first-order chi connectivity index (χ1) is 8.83. The van der Waals surface area contributed by atoms with Gasteiger partial charge < -0.3 is 15.0 Å². The summed E-state index contributed by atoms with van der Waals surface area (Å²) >= 11 is 1.83. The Hall–Kier alpha value is -1.60. The average molecular weight is 264 g/mol. The predicted octanol–water partition coefficient (Wildman–Crippen LogP) is 1.52. The van der Waals surface area contributed by atoms with Crippen LogP contribution in [-0.4, -0.2) is 33.2 Å². The number of rotatable bonds is 2. The van der Waals surface area contributed by atoms with Gasteiger partial charge in [-0.3, -0.25) is 0 Å². The van der Waals surface area contributed by atoms with Gasteiger partial charge in [-0.2, -0.15) is 16.7 Å². The second kappa shape index (κ2) is 4.95. The highest BCUT2D eigenvalue weighted by molar-refractivity contribution is 7.99. The van der Waals surface area contributed by atoms with Crippen LogP contribution in [0.1, 0.15) is 11.9 Å². The topological polar surface area (TPSA) is 87.1 Å². The summed E-state index contributed by atoms with van der Waals surface area (Å²) in [5.74, 6) is 3.37. The molecule has 3 heterocycles. The fourth-order valence-corrected chi connectivity index (χ4v) is 2.49. The fraction of sp³-hybridized carbons (Fsp3) is 0.364. The minimum absolute atomic E-state index is 0.0806. The number of nitrogen functional groups attached to an aromatic ring is 1. The molecular formula is C11H12N4O2S. The molecule has 1 unspecified atom stereocenters. The van der Waals surface area contributed by atoms with Crippen LogP contribution in [0, 0.1) is 0 Å². The number of anilines is 1. The molecule has 1 atom stereocenters. The molecule has 0 spiro atoms. The van der Waals surface area contributed by atoms with E-state index in [0.717, 1.165) is 23.7 Å². The standard InChI is InChI=1S/C11H12N4O2S/c12-9-2-1-7(5-13-9)11-14-10(15-17-11)8-6-18-4-3-16-8/h1-2,5,8H,3-4,6H2,(H2,12,13). The summed E-state index contributed by atoms with van der Waals surface area (Å²) in [6, 6.07) is 3.50. The van der Waals surface area contributed by atoms with E-state index in [1.165, 1.54) is 0 Å². The number of nitrogens with two attached hydrogens (primary N) is 1. The molecule has 3 rings (SSSR count). The van der Waals surface area contributed by atoms with Crippen molar-refractivity contribution in [1.82, 2.24) is 15.1 Å². The monoisotopic (exact) mass is 264 g/mol. The van der Waals surface area contributed by atoms with Crippen LogP contribution in [0.4, 0.5) is 5.82 Å². The molecule has 0 bridgehead atoms. The molecule has 2 N–H and O–H groups in total. The molecule has 1 fully saturated rings. The molecular weight excluding hydrogens is 252 g/mol. The first-order valence-electron chi connectivity index (χ1n) is 5.58. The lowest BCUT2D eigenvalue weighted by molar-refractivity contribution is 0.0677. The van der Waals surface area contributed by atoms with E-state index in [0.29, 0.717) is 17.5 Å². The van der Waals surface area contributed by atoms with Gasteiger partial charge in [0.15, 0.2) is 0 Å². The molecule has 0 saturated carbocycles. The van der Waals surface area contributed by atoms with Crippen LogP contribution in [-0.2, 0) is 4.74 Å². The van der Waals surface area contributed by atoms with Crippen LogP contribution in [0.3, 0.4) is 0 Å². The van der Waals surface area contributed by atoms with Crippen molar-refractivity contribution >= 4 is 17.6 Å². The number of hydrogen-bond donors (Lipinski definition) is 1. The van der Waals surface area contributed by atoms with E-state index in [-0.39, 0.29) is 6.10 Å². The first-order valence-corrected chi connectivity index (χ1v) is 6.73. The van der Waals surface area contributed by atoms with Gasteiger partial charge in [-0.1, -0.05) is 5.16 Å². The van der Waals surface area contributed by atoms with E-state index in [4.69, 9.17) is 15.0 Å². The van der Waals surface area contributed by atoms with Crippen LogP contribution in [0.15, 0.2) is 22.9 Å². The van der Waals surface area contributed by atoms with Gasteiger partial charge in [0, 0.05) is 17.7 Å². The van der Waals surface area contributed by atoms with Crippen molar-refractivity contribution < 1.29 is 9.26 Å². The van der Waals surface area contributed by atoms with E-state index in [1.807, 2.05) is 11.8 Å². The molecule has 1 aliphatic rings. The largest absolute Gasteiger partial charge is 0.384 e. The Morgan fingerprint density at radius 3 is 3.06 bits per heavy atom. The van der Waals surface area contributed by atoms with Gasteiger partial charge in [0.2, 0.25) is 5.82 Å². The van der Waals surface area contributed by atoms with E-state index in [9.17, 15) is 0 Å². The van der Waals surface area contributed by atoms with E-state index in [1.54, 1.807) is 18.3 Å². The van der Waals surface area contributed by atoms with E-state index < -0.39 is 0 Å². The van der Waals surface area contributed by atoms with Crippen molar-refractivity contribution in [1.29, 1.82) is 0 Å². The summed E-state index contributed by atoms with van der Waals surface area (Å²) in [6.45, 7) is 0.725. The first kappa shape index (κ1) is 11.5. The highest BCUT2D eigenvalue weighted by Gasteiger charge is 2.22. The van der Waals surface area contributed by atoms with Gasteiger partial charge in [0.1, 0.15) is 11.9 Å². The number of nitrogens with zero attached hydrogens (tertiary/aromatic N) is 3. The number of aromatic nitrogens is 3. The molecule has 1 aliphatic heterocycles. The Morgan fingerprint density at radius 2 is 2.33 bits per heavy atom. The van der Waals surface area contributed by atoms with Crippen LogP contribution in [0.2, 0.25) is 0 Å². The lowest BCUT2D eigenvalue weighted by atomic mass is 10.3. The van der Waals surface area contributed by atoms with Crippen LogP contribution < -0.4 is 5.73 Å². The van der Waals surface area contributed by atoms with Crippen molar-refractivity contribution in [2.45, 2.75) is 6.10 Å². The summed E-state index contributed by atoms with van der Waals surface area (Å²) in [4.78, 5) is 8.33. The molecule has 0 amide bonds. The summed E-state index contributed by atoms with van der Waals surface area (Å²) < 4.78 is 10.8. The van der Waals surface area contributed by atoms with Crippen molar-refractivity contribution in [3.05, 3.63) is 24.2 Å². The molecule has 18 heavy (non-hydrogen) atoms. The number of ether oxygens (including phenoxy) is 1. The quantitative estimate of drug-likeness (QED) is 0.879. The van der Waals surface area contributed by atoms with Gasteiger partial charge in [0.25, 0.3) is 5.89 Å². The van der Waals surface area contributed by atoms with Crippen molar-refractivity contribution in [2.75, 3.05) is 23.8 Å².